The minimum Gasteiger partial charge on any atom is -0.0622 e. The van der Waals surface area contributed by atoms with E-state index in [1.54, 1.807) is 0 Å². The first-order chi connectivity index (χ1) is 26.8. The molecule has 54 heavy (non-hydrogen) atoms. The van der Waals surface area contributed by atoms with E-state index in [0.29, 0.717) is 0 Å². The highest BCUT2D eigenvalue weighted by Crippen LogP contribution is 2.30. The van der Waals surface area contributed by atoms with Crippen LogP contribution in [0.4, 0.5) is 0 Å². The Bertz CT molecular complexity index is 2310. The van der Waals surface area contributed by atoms with Crippen LogP contribution < -0.4 is 0 Å². The normalized spacial score (nSPS) is 11.2. The summed E-state index contributed by atoms with van der Waals surface area (Å²) in [6.07, 6.45) is 13.5. The van der Waals surface area contributed by atoms with Gasteiger partial charge in [0.05, 0.1) is 0 Å². The summed E-state index contributed by atoms with van der Waals surface area (Å²) in [7, 11) is 0. The average molecular weight is 689 g/mol. The fraction of sp³-hybridized carbons (Fsp3) is 0. The molecule has 0 saturated carbocycles. The van der Waals surface area contributed by atoms with Crippen LogP contribution in [-0.2, 0) is 0 Å². The zero-order chi connectivity index (χ0) is 36.4. The molecule has 0 spiro atoms. The predicted molar refractivity (Wildman–Crippen MR) is 234 cm³/mol. The molecule has 0 nitrogen and oxygen atoms in total. The van der Waals surface area contributed by atoms with Crippen molar-refractivity contribution in [3.8, 4) is 0 Å². The van der Waals surface area contributed by atoms with E-state index >= 15 is 0 Å². The number of fused-ring (bicyclic) bond motifs is 1. The first-order valence-corrected chi connectivity index (χ1v) is 18.5. The highest BCUT2D eigenvalue weighted by Gasteiger charge is 2.07. The SMILES string of the molecule is C(=C(c1ccccc1)c1ccccc1)c1ccc(/C=C/c2cccc3cccc(/C=C/c4ccc(C=C(c5ccccc5)c5ccccc5)cc4)c23)cc1. The summed E-state index contributed by atoms with van der Waals surface area (Å²) < 4.78 is 0. The van der Waals surface area contributed by atoms with Crippen molar-refractivity contribution in [1.82, 2.24) is 0 Å². The second kappa shape index (κ2) is 16.5. The molecule has 0 unspecified atom stereocenters. The minimum absolute atomic E-state index is 1.16. The van der Waals surface area contributed by atoms with Crippen molar-refractivity contribution in [2.75, 3.05) is 0 Å². The summed E-state index contributed by atoms with van der Waals surface area (Å²) in [4.78, 5) is 0. The highest BCUT2D eigenvalue weighted by atomic mass is 14.1. The van der Waals surface area contributed by atoms with Crippen LogP contribution in [0.1, 0.15) is 55.6 Å². The Morgan fingerprint density at radius 3 is 0.907 bits per heavy atom. The Morgan fingerprint density at radius 1 is 0.259 bits per heavy atom. The van der Waals surface area contributed by atoms with E-state index in [1.165, 1.54) is 66.4 Å². The quantitative estimate of drug-likeness (QED) is 0.125. The van der Waals surface area contributed by atoms with Crippen LogP contribution in [0.15, 0.2) is 206 Å². The summed E-state index contributed by atoms with van der Waals surface area (Å²) in [5.74, 6) is 0. The Kier molecular flexibility index (Phi) is 10.4. The van der Waals surface area contributed by atoms with Crippen LogP contribution >= 0.6 is 0 Å². The number of hydrogen-bond donors (Lipinski definition) is 0. The van der Waals surface area contributed by atoms with E-state index in [9.17, 15) is 0 Å². The van der Waals surface area contributed by atoms with Gasteiger partial charge in [0.25, 0.3) is 0 Å². The van der Waals surface area contributed by atoms with Crippen LogP contribution in [0.25, 0.3) is 58.4 Å². The Labute approximate surface area is 319 Å². The van der Waals surface area contributed by atoms with Crippen LogP contribution in [-0.4, -0.2) is 0 Å². The van der Waals surface area contributed by atoms with Crippen LogP contribution in [0, 0.1) is 0 Å². The van der Waals surface area contributed by atoms with E-state index in [0.717, 1.165) is 11.1 Å². The van der Waals surface area contributed by atoms with Crippen molar-refractivity contribution in [3.63, 3.8) is 0 Å². The fourth-order valence-corrected chi connectivity index (χ4v) is 6.93. The maximum Gasteiger partial charge on any atom is -0.00389 e. The van der Waals surface area contributed by atoms with Crippen molar-refractivity contribution >= 4 is 58.4 Å². The van der Waals surface area contributed by atoms with Gasteiger partial charge in [0.2, 0.25) is 0 Å². The molecule has 256 valence electrons. The third-order valence-corrected chi connectivity index (χ3v) is 9.71. The largest absolute Gasteiger partial charge is 0.0622 e. The molecule has 0 heteroatoms. The van der Waals surface area contributed by atoms with Gasteiger partial charge in [-0.25, -0.2) is 0 Å². The van der Waals surface area contributed by atoms with Crippen molar-refractivity contribution in [3.05, 3.63) is 262 Å². The van der Waals surface area contributed by atoms with Crippen LogP contribution in [0.5, 0.6) is 0 Å². The van der Waals surface area contributed by atoms with E-state index in [4.69, 9.17) is 0 Å². The first-order valence-electron chi connectivity index (χ1n) is 18.5. The number of benzene rings is 8. The van der Waals surface area contributed by atoms with Gasteiger partial charge in [-0.3, -0.25) is 0 Å². The van der Waals surface area contributed by atoms with Crippen molar-refractivity contribution in [1.29, 1.82) is 0 Å². The third kappa shape index (κ3) is 8.20. The van der Waals surface area contributed by atoms with Crippen molar-refractivity contribution in [2.24, 2.45) is 0 Å². The molecular weight excluding hydrogens is 649 g/mol. The molecule has 0 aliphatic heterocycles. The molecule has 0 N–H and O–H groups in total. The van der Waals surface area contributed by atoms with Crippen molar-refractivity contribution < 1.29 is 0 Å². The molecule has 0 aliphatic carbocycles. The van der Waals surface area contributed by atoms with Gasteiger partial charge in [-0.05, 0) is 89.7 Å². The lowest BCUT2D eigenvalue weighted by Gasteiger charge is -2.09. The predicted octanol–water partition coefficient (Wildman–Crippen LogP) is 14.4. The molecule has 0 bridgehead atoms. The summed E-state index contributed by atoms with van der Waals surface area (Å²) in [6.45, 7) is 0. The van der Waals surface area contributed by atoms with Crippen molar-refractivity contribution in [2.45, 2.75) is 0 Å². The van der Waals surface area contributed by atoms with E-state index in [1.807, 2.05) is 0 Å². The summed E-state index contributed by atoms with van der Waals surface area (Å²) in [5, 5.41) is 2.47. The molecule has 0 atom stereocenters. The summed E-state index contributed by atoms with van der Waals surface area (Å²) in [5.41, 5.74) is 14.3. The molecule has 0 radical (unpaired) electrons. The highest BCUT2D eigenvalue weighted by molar-refractivity contribution is 6.00. The van der Waals surface area contributed by atoms with Gasteiger partial charge in [0, 0.05) is 0 Å². The molecule has 0 amide bonds. The van der Waals surface area contributed by atoms with Gasteiger partial charge in [0.15, 0.2) is 0 Å². The molecule has 8 aromatic rings. The molecule has 0 heterocycles. The van der Waals surface area contributed by atoms with Gasteiger partial charge in [-0.1, -0.05) is 231 Å². The lowest BCUT2D eigenvalue weighted by Crippen LogP contribution is -1.88. The first kappa shape index (κ1) is 34.1. The van der Waals surface area contributed by atoms with E-state index in [-0.39, 0.29) is 0 Å². The topological polar surface area (TPSA) is 0 Å². The molecule has 8 rings (SSSR count). The van der Waals surface area contributed by atoms with E-state index < -0.39 is 0 Å². The van der Waals surface area contributed by atoms with Gasteiger partial charge in [-0.2, -0.15) is 0 Å². The zero-order valence-corrected chi connectivity index (χ0v) is 30.1. The maximum atomic E-state index is 2.28. The lowest BCUT2D eigenvalue weighted by atomic mass is 9.95. The lowest BCUT2D eigenvalue weighted by molar-refractivity contribution is 1.55. The van der Waals surface area contributed by atoms with Gasteiger partial charge in [-0.15, -0.1) is 0 Å². The molecule has 0 saturated heterocycles. The molecule has 0 aliphatic rings. The summed E-state index contributed by atoms with van der Waals surface area (Å²) in [6, 6.07) is 73.1. The molecular formula is C54H40. The van der Waals surface area contributed by atoms with Gasteiger partial charge < -0.3 is 0 Å². The van der Waals surface area contributed by atoms with Crippen LogP contribution in [0.3, 0.4) is 0 Å². The second-order valence-corrected chi connectivity index (χ2v) is 13.4. The zero-order valence-electron chi connectivity index (χ0n) is 30.1. The van der Waals surface area contributed by atoms with Gasteiger partial charge >= 0.3 is 0 Å². The monoisotopic (exact) mass is 688 g/mol. The summed E-state index contributed by atoms with van der Waals surface area (Å²) >= 11 is 0. The minimum atomic E-state index is 1.16. The second-order valence-electron chi connectivity index (χ2n) is 13.4. The molecule has 8 aromatic carbocycles. The third-order valence-electron chi connectivity index (χ3n) is 9.71. The average Bonchev–Trinajstić information content (AvgIpc) is 3.25. The standard InChI is InChI=1S/C54H40/c1-5-15-45(16-6-1)52(46-17-7-2-8-18-46)39-43-31-27-41(28-32-43)35-37-50-25-13-23-49-24-14-26-51(54(49)50)38-36-42-29-33-44(34-30-42)40-53(47-19-9-3-10-20-47)48-21-11-4-12-22-48/h1-40H/b37-35+,38-36+. The fourth-order valence-electron chi connectivity index (χ4n) is 6.93. The Hall–Kier alpha value is -7.02. The molecule has 0 fully saturated rings. The number of hydrogen-bond acceptors (Lipinski definition) is 0. The maximum absolute atomic E-state index is 2.28. The van der Waals surface area contributed by atoms with Gasteiger partial charge in [0.1, 0.15) is 0 Å². The smallest absolute Gasteiger partial charge is 0.00389 e. The Balaban J connectivity index is 1.03. The number of rotatable bonds is 10. The van der Waals surface area contributed by atoms with Crippen LogP contribution in [0.2, 0.25) is 0 Å². The molecule has 0 aromatic heterocycles. The van der Waals surface area contributed by atoms with E-state index in [2.05, 4.69) is 243 Å². The Morgan fingerprint density at radius 2 is 0.574 bits per heavy atom.